The minimum atomic E-state index is 0.368. The Morgan fingerprint density at radius 2 is 1.97 bits per heavy atom. The number of piperidine rings is 1. The van der Waals surface area contributed by atoms with Crippen LogP contribution in [0.1, 0.15) is 36.9 Å². The molecule has 0 saturated carbocycles. The highest BCUT2D eigenvalue weighted by atomic mass is 35.5. The van der Waals surface area contributed by atoms with Crippen LogP contribution in [-0.4, -0.2) is 51.8 Å². The van der Waals surface area contributed by atoms with Gasteiger partial charge in [-0.1, -0.05) is 23.7 Å². The maximum absolute atomic E-state index is 6.11. The Hall–Kier alpha value is -2.44. The van der Waals surface area contributed by atoms with Gasteiger partial charge in [0.1, 0.15) is 0 Å². The van der Waals surface area contributed by atoms with E-state index < -0.39 is 0 Å². The van der Waals surface area contributed by atoms with Crippen LogP contribution in [0.4, 0.5) is 5.95 Å². The molecule has 6 nitrogen and oxygen atoms in total. The molecule has 0 N–H and O–H groups in total. The molecule has 2 aromatic heterocycles. The van der Waals surface area contributed by atoms with Crippen LogP contribution >= 0.6 is 11.6 Å². The van der Waals surface area contributed by atoms with Crippen molar-refractivity contribution in [2.24, 2.45) is 0 Å². The molecule has 1 aliphatic heterocycles. The third-order valence-corrected chi connectivity index (χ3v) is 5.92. The van der Waals surface area contributed by atoms with E-state index in [1.807, 2.05) is 48.2 Å². The summed E-state index contributed by atoms with van der Waals surface area (Å²) in [5.41, 5.74) is 4.61. The summed E-state index contributed by atoms with van der Waals surface area (Å²) < 4.78 is 1.99. The third kappa shape index (κ3) is 4.65. The lowest BCUT2D eigenvalue weighted by molar-refractivity contribution is 0.198. The van der Waals surface area contributed by atoms with E-state index in [4.69, 9.17) is 16.6 Å². The van der Waals surface area contributed by atoms with Crippen molar-refractivity contribution in [3.8, 4) is 11.1 Å². The minimum Gasteiger partial charge on any atom is -0.347 e. The Morgan fingerprint density at radius 1 is 1.17 bits per heavy atom. The van der Waals surface area contributed by atoms with Gasteiger partial charge in [-0.15, -0.1) is 0 Å². The molecule has 0 spiro atoms. The van der Waals surface area contributed by atoms with Gasteiger partial charge in [-0.2, -0.15) is 5.10 Å². The maximum atomic E-state index is 6.11. The molecule has 3 aromatic rings. The molecule has 1 saturated heterocycles. The zero-order valence-electron chi connectivity index (χ0n) is 17.9. The molecule has 0 radical (unpaired) electrons. The number of hydrogen-bond acceptors (Lipinski definition) is 5. The fourth-order valence-electron chi connectivity index (χ4n) is 4.11. The molecule has 1 aromatic carbocycles. The SMILES string of the molecule is CCn1cc(CN2CCCC(c3nc(N(C)C)ncc3-c3ccc(Cl)cc3)C2)cn1. The fourth-order valence-corrected chi connectivity index (χ4v) is 4.23. The molecule has 4 rings (SSSR count). The van der Waals surface area contributed by atoms with Crippen molar-refractivity contribution < 1.29 is 0 Å². The maximum Gasteiger partial charge on any atom is 0.225 e. The second-order valence-corrected chi connectivity index (χ2v) is 8.59. The van der Waals surface area contributed by atoms with Crippen molar-refractivity contribution in [2.45, 2.75) is 38.8 Å². The Balaban J connectivity index is 1.61. The van der Waals surface area contributed by atoms with Crippen LogP contribution in [0.2, 0.25) is 5.02 Å². The molecule has 0 amide bonds. The molecule has 1 atom stereocenters. The molecular weight excluding hydrogens is 396 g/mol. The number of aromatic nitrogens is 4. The van der Waals surface area contributed by atoms with Crippen molar-refractivity contribution >= 4 is 17.5 Å². The summed E-state index contributed by atoms with van der Waals surface area (Å²) in [6.07, 6.45) is 8.40. The number of anilines is 1. The van der Waals surface area contributed by atoms with E-state index >= 15 is 0 Å². The van der Waals surface area contributed by atoms with E-state index in [1.54, 1.807) is 0 Å². The lowest BCUT2D eigenvalue weighted by atomic mass is 9.90. The van der Waals surface area contributed by atoms with E-state index in [2.05, 4.69) is 40.2 Å². The van der Waals surface area contributed by atoms with Crippen LogP contribution < -0.4 is 4.90 Å². The zero-order chi connectivity index (χ0) is 21.1. The second-order valence-electron chi connectivity index (χ2n) is 8.15. The number of halogens is 1. The molecule has 1 fully saturated rings. The van der Waals surface area contributed by atoms with Gasteiger partial charge < -0.3 is 4.90 Å². The van der Waals surface area contributed by atoms with Gasteiger partial charge in [-0.25, -0.2) is 9.97 Å². The van der Waals surface area contributed by atoms with Gasteiger partial charge in [0.2, 0.25) is 5.95 Å². The minimum absolute atomic E-state index is 0.368. The summed E-state index contributed by atoms with van der Waals surface area (Å²) in [4.78, 5) is 14.1. The largest absolute Gasteiger partial charge is 0.347 e. The van der Waals surface area contributed by atoms with E-state index in [9.17, 15) is 0 Å². The van der Waals surface area contributed by atoms with Gasteiger partial charge in [0.15, 0.2) is 0 Å². The normalized spacial score (nSPS) is 17.3. The molecular formula is C23H29ClN6. The Labute approximate surface area is 183 Å². The van der Waals surface area contributed by atoms with Crippen LogP contribution in [0.25, 0.3) is 11.1 Å². The first-order valence-electron chi connectivity index (χ1n) is 10.6. The molecule has 158 valence electrons. The molecule has 0 bridgehead atoms. The summed E-state index contributed by atoms with van der Waals surface area (Å²) in [5, 5.41) is 5.16. The lowest BCUT2D eigenvalue weighted by Gasteiger charge is -2.33. The number of rotatable bonds is 6. The van der Waals surface area contributed by atoms with Crippen LogP contribution in [0.15, 0.2) is 42.9 Å². The first-order chi connectivity index (χ1) is 14.5. The number of benzene rings is 1. The van der Waals surface area contributed by atoms with Gasteiger partial charge in [-0.05, 0) is 44.0 Å². The predicted octanol–water partition coefficient (Wildman–Crippen LogP) is 4.46. The highest BCUT2D eigenvalue weighted by Gasteiger charge is 2.26. The first kappa shape index (κ1) is 20.8. The van der Waals surface area contributed by atoms with Crippen LogP contribution in [0.3, 0.4) is 0 Å². The number of hydrogen-bond donors (Lipinski definition) is 0. The van der Waals surface area contributed by atoms with E-state index in [1.165, 1.54) is 5.56 Å². The quantitative estimate of drug-likeness (QED) is 0.584. The predicted molar refractivity (Wildman–Crippen MR) is 122 cm³/mol. The summed E-state index contributed by atoms with van der Waals surface area (Å²) in [7, 11) is 3.97. The van der Waals surface area contributed by atoms with Crippen molar-refractivity contribution in [3.05, 3.63) is 59.1 Å². The molecule has 3 heterocycles. The highest BCUT2D eigenvalue weighted by Crippen LogP contribution is 2.34. The number of likely N-dealkylation sites (tertiary alicyclic amines) is 1. The van der Waals surface area contributed by atoms with Crippen molar-refractivity contribution in [3.63, 3.8) is 0 Å². The van der Waals surface area contributed by atoms with Gasteiger partial charge in [0.05, 0.1) is 11.9 Å². The molecule has 30 heavy (non-hydrogen) atoms. The van der Waals surface area contributed by atoms with Gasteiger partial charge in [-0.3, -0.25) is 9.58 Å². The third-order valence-electron chi connectivity index (χ3n) is 5.67. The molecule has 1 aliphatic rings. The molecule has 7 heteroatoms. The highest BCUT2D eigenvalue weighted by molar-refractivity contribution is 6.30. The van der Waals surface area contributed by atoms with Crippen molar-refractivity contribution in [1.82, 2.24) is 24.6 Å². The average Bonchev–Trinajstić information content (AvgIpc) is 3.21. The van der Waals surface area contributed by atoms with Gasteiger partial charge >= 0.3 is 0 Å². The van der Waals surface area contributed by atoms with Crippen LogP contribution in [-0.2, 0) is 13.1 Å². The van der Waals surface area contributed by atoms with E-state index in [0.29, 0.717) is 5.92 Å². The summed E-state index contributed by atoms with van der Waals surface area (Å²) in [5.74, 6) is 1.12. The number of nitrogens with zero attached hydrogens (tertiary/aromatic N) is 6. The molecule has 1 unspecified atom stereocenters. The van der Waals surface area contributed by atoms with E-state index in [-0.39, 0.29) is 0 Å². The smallest absolute Gasteiger partial charge is 0.225 e. The monoisotopic (exact) mass is 424 g/mol. The Morgan fingerprint density at radius 3 is 2.67 bits per heavy atom. The topological polar surface area (TPSA) is 50.1 Å². The van der Waals surface area contributed by atoms with Gasteiger partial charge in [0, 0.05) is 68.2 Å². The standard InChI is InChI=1S/C23H29ClN6/c1-4-30-15-17(12-26-30)14-29-11-5-6-19(16-29)22-21(13-25-23(27-22)28(2)3)18-7-9-20(24)10-8-18/h7-10,12-13,15,19H,4-6,11,14,16H2,1-3H3. The molecule has 0 aliphatic carbocycles. The van der Waals surface area contributed by atoms with Crippen molar-refractivity contribution in [2.75, 3.05) is 32.1 Å². The summed E-state index contributed by atoms with van der Waals surface area (Å²) >= 11 is 6.11. The lowest BCUT2D eigenvalue weighted by Crippen LogP contribution is -2.34. The summed E-state index contributed by atoms with van der Waals surface area (Å²) in [6.45, 7) is 6.04. The number of aryl methyl sites for hydroxylation is 1. The fraction of sp³-hybridized carbons (Fsp3) is 0.435. The Bertz CT molecular complexity index is 982. The first-order valence-corrected chi connectivity index (χ1v) is 10.9. The van der Waals surface area contributed by atoms with E-state index in [0.717, 1.165) is 66.8 Å². The summed E-state index contributed by atoms with van der Waals surface area (Å²) in [6, 6.07) is 7.97. The zero-order valence-corrected chi connectivity index (χ0v) is 18.7. The second kappa shape index (κ2) is 9.14. The van der Waals surface area contributed by atoms with Crippen molar-refractivity contribution in [1.29, 1.82) is 0 Å². The van der Waals surface area contributed by atoms with Crippen LogP contribution in [0, 0.1) is 0 Å². The van der Waals surface area contributed by atoms with Crippen LogP contribution in [0.5, 0.6) is 0 Å². The average molecular weight is 425 g/mol. The Kier molecular flexibility index (Phi) is 6.35. The van der Waals surface area contributed by atoms with Gasteiger partial charge in [0.25, 0.3) is 0 Å².